The number of halogens is 3. The van der Waals surface area contributed by atoms with Crippen LogP contribution in [0.25, 0.3) is 0 Å². The molecular formula is C19H23F3O3. The Balaban J connectivity index is 1.89. The van der Waals surface area contributed by atoms with Crippen LogP contribution in [0.3, 0.4) is 0 Å². The van der Waals surface area contributed by atoms with Gasteiger partial charge in [-0.3, -0.25) is 4.79 Å². The molecule has 3 fully saturated rings. The first-order valence-electron chi connectivity index (χ1n) is 8.90. The van der Waals surface area contributed by atoms with Crippen molar-refractivity contribution in [1.29, 1.82) is 0 Å². The Bertz CT molecular complexity index is 704. The summed E-state index contributed by atoms with van der Waals surface area (Å²) in [5, 5.41) is 21.1. The van der Waals surface area contributed by atoms with Crippen molar-refractivity contribution in [1.82, 2.24) is 0 Å². The number of hydrogen-bond acceptors (Lipinski definition) is 3. The van der Waals surface area contributed by atoms with Crippen LogP contribution in [-0.4, -0.2) is 40.0 Å². The number of aliphatic hydroxyl groups excluding tert-OH is 2. The molecule has 4 aliphatic carbocycles. The fourth-order valence-electron chi connectivity index (χ4n) is 6.27. The number of rotatable bonds is 0. The lowest BCUT2D eigenvalue weighted by atomic mass is 9.45. The Morgan fingerprint density at radius 3 is 2.52 bits per heavy atom. The number of fused-ring (bicyclic) bond motifs is 5. The average Bonchev–Trinajstić information content (AvgIpc) is 2.82. The first kappa shape index (κ1) is 17.3. The fraction of sp³-hybridized carbons (Fsp3) is 0.737. The monoisotopic (exact) mass is 356 g/mol. The smallest absolute Gasteiger partial charge is 0.213 e. The van der Waals surface area contributed by atoms with E-state index < -0.39 is 58.0 Å². The maximum Gasteiger partial charge on any atom is 0.213 e. The lowest BCUT2D eigenvalue weighted by Gasteiger charge is -2.62. The predicted octanol–water partition coefficient (Wildman–Crippen LogP) is 2.96. The standard InChI is InChI=1S/C19H23F3O3/c1-17-8-14(25)19(22)10(9(17)3-4-13(17)24)7-11(20)15-16(21)12(23)5-6-18(15,19)2/h5-6,9-11,13-14,24-25H,3-4,7-8H2,1-2H3/t9-,10-,11-,13+,14-,17-,18-,19-/m0/s1. The summed E-state index contributed by atoms with van der Waals surface area (Å²) in [5.41, 5.74) is -5.13. The molecule has 0 aromatic heterocycles. The molecule has 0 aliphatic heterocycles. The molecule has 0 unspecified atom stereocenters. The van der Waals surface area contributed by atoms with Crippen LogP contribution < -0.4 is 0 Å². The molecule has 6 heteroatoms. The van der Waals surface area contributed by atoms with E-state index >= 15 is 4.39 Å². The van der Waals surface area contributed by atoms with Gasteiger partial charge < -0.3 is 10.2 Å². The molecule has 2 N–H and O–H groups in total. The van der Waals surface area contributed by atoms with Crippen molar-refractivity contribution in [2.75, 3.05) is 0 Å². The van der Waals surface area contributed by atoms with Gasteiger partial charge in [-0.05, 0) is 50.0 Å². The number of aliphatic hydroxyl groups is 2. The van der Waals surface area contributed by atoms with Crippen molar-refractivity contribution in [2.45, 2.75) is 63.6 Å². The third kappa shape index (κ3) is 1.82. The highest BCUT2D eigenvalue weighted by Gasteiger charge is 2.72. The second-order valence-corrected chi connectivity index (χ2v) is 8.63. The Hall–Kier alpha value is -1.14. The van der Waals surface area contributed by atoms with Gasteiger partial charge in [0.15, 0.2) is 11.5 Å². The molecule has 8 atom stereocenters. The van der Waals surface area contributed by atoms with E-state index in [9.17, 15) is 23.8 Å². The van der Waals surface area contributed by atoms with E-state index in [4.69, 9.17) is 0 Å². The average molecular weight is 356 g/mol. The maximum atomic E-state index is 16.5. The minimum Gasteiger partial charge on any atom is -0.393 e. The highest BCUT2D eigenvalue weighted by Crippen LogP contribution is 2.68. The molecule has 138 valence electrons. The summed E-state index contributed by atoms with van der Waals surface area (Å²) in [5.74, 6) is -3.32. The molecule has 4 aliphatic rings. The van der Waals surface area contributed by atoms with Gasteiger partial charge in [0.25, 0.3) is 0 Å². The number of ketones is 1. The summed E-state index contributed by atoms with van der Waals surface area (Å²) in [6, 6.07) is 0. The third-order valence-electron chi connectivity index (χ3n) is 7.65. The molecule has 25 heavy (non-hydrogen) atoms. The Morgan fingerprint density at radius 1 is 1.16 bits per heavy atom. The molecule has 0 spiro atoms. The number of hydrogen-bond donors (Lipinski definition) is 2. The number of carbonyl (C=O) groups excluding carboxylic acids is 1. The summed E-state index contributed by atoms with van der Waals surface area (Å²) in [6.45, 7) is 3.20. The zero-order valence-electron chi connectivity index (χ0n) is 14.3. The van der Waals surface area contributed by atoms with Crippen molar-refractivity contribution in [3.05, 3.63) is 23.6 Å². The van der Waals surface area contributed by atoms with Crippen molar-refractivity contribution in [3.8, 4) is 0 Å². The molecule has 0 saturated heterocycles. The quantitative estimate of drug-likeness (QED) is 0.702. The van der Waals surface area contributed by atoms with Crippen LogP contribution in [0.4, 0.5) is 13.2 Å². The van der Waals surface area contributed by atoms with Gasteiger partial charge >= 0.3 is 0 Å². The molecule has 4 rings (SSSR count). The first-order chi connectivity index (χ1) is 11.6. The minimum absolute atomic E-state index is 0.0368. The molecule has 0 amide bonds. The van der Waals surface area contributed by atoms with Crippen LogP contribution in [0.5, 0.6) is 0 Å². The van der Waals surface area contributed by atoms with E-state index in [1.165, 1.54) is 13.0 Å². The molecule has 0 heterocycles. The van der Waals surface area contributed by atoms with Gasteiger partial charge in [-0.25, -0.2) is 13.2 Å². The Kier molecular flexibility index (Phi) is 3.44. The minimum atomic E-state index is -2.27. The van der Waals surface area contributed by atoms with E-state index in [0.717, 1.165) is 6.08 Å². The van der Waals surface area contributed by atoms with E-state index in [1.54, 1.807) is 0 Å². The highest BCUT2D eigenvalue weighted by molar-refractivity contribution is 6.04. The van der Waals surface area contributed by atoms with E-state index in [0.29, 0.717) is 12.8 Å². The topological polar surface area (TPSA) is 57.5 Å². The van der Waals surface area contributed by atoms with E-state index in [-0.39, 0.29) is 18.8 Å². The molecular weight excluding hydrogens is 333 g/mol. The van der Waals surface area contributed by atoms with Crippen LogP contribution in [0.15, 0.2) is 23.6 Å². The highest BCUT2D eigenvalue weighted by atomic mass is 19.2. The molecule has 0 bridgehead atoms. The number of carbonyl (C=O) groups is 1. The van der Waals surface area contributed by atoms with Gasteiger partial charge in [0.2, 0.25) is 5.78 Å². The fourth-order valence-corrected chi connectivity index (χ4v) is 6.27. The Morgan fingerprint density at radius 2 is 1.84 bits per heavy atom. The van der Waals surface area contributed by atoms with Gasteiger partial charge in [0.1, 0.15) is 6.17 Å². The van der Waals surface area contributed by atoms with E-state index in [1.807, 2.05) is 6.92 Å². The Labute approximate surface area is 144 Å². The first-order valence-corrected chi connectivity index (χ1v) is 8.90. The zero-order valence-corrected chi connectivity index (χ0v) is 14.3. The van der Waals surface area contributed by atoms with Crippen LogP contribution in [-0.2, 0) is 4.79 Å². The summed E-state index contributed by atoms with van der Waals surface area (Å²) in [6.07, 6.45) is -0.949. The van der Waals surface area contributed by atoms with Gasteiger partial charge in [-0.1, -0.05) is 13.0 Å². The summed E-state index contributed by atoms with van der Waals surface area (Å²) in [4.78, 5) is 11.7. The number of alkyl halides is 2. The second-order valence-electron chi connectivity index (χ2n) is 8.63. The summed E-state index contributed by atoms with van der Waals surface area (Å²) >= 11 is 0. The predicted molar refractivity (Wildman–Crippen MR) is 84.7 cm³/mol. The zero-order chi connectivity index (χ0) is 18.4. The SMILES string of the molecule is C[C@]12C[C@H](O)[C@@]3(F)[C@@H](C[C@H](F)C4=C(F)C(=O)C=C[C@@]43C)[C@@H]1CC[C@H]2O. The van der Waals surface area contributed by atoms with Crippen LogP contribution in [0.2, 0.25) is 0 Å². The number of allylic oxidation sites excluding steroid dienone is 4. The van der Waals surface area contributed by atoms with Gasteiger partial charge in [0, 0.05) is 16.9 Å². The summed E-state index contributed by atoms with van der Waals surface area (Å²) < 4.78 is 45.8. The van der Waals surface area contributed by atoms with E-state index in [2.05, 4.69) is 0 Å². The van der Waals surface area contributed by atoms with Crippen molar-refractivity contribution < 1.29 is 28.2 Å². The lowest BCUT2D eigenvalue weighted by molar-refractivity contribution is -0.207. The van der Waals surface area contributed by atoms with Gasteiger partial charge in [0.05, 0.1) is 12.2 Å². The summed E-state index contributed by atoms with van der Waals surface area (Å²) in [7, 11) is 0. The van der Waals surface area contributed by atoms with Crippen LogP contribution >= 0.6 is 0 Å². The third-order valence-corrected chi connectivity index (χ3v) is 7.65. The van der Waals surface area contributed by atoms with Gasteiger partial charge in [-0.15, -0.1) is 0 Å². The largest absolute Gasteiger partial charge is 0.393 e. The van der Waals surface area contributed by atoms with Gasteiger partial charge in [-0.2, -0.15) is 0 Å². The molecule has 3 nitrogen and oxygen atoms in total. The van der Waals surface area contributed by atoms with Crippen molar-refractivity contribution >= 4 is 5.78 Å². The molecule has 3 saturated carbocycles. The molecule has 0 aromatic carbocycles. The van der Waals surface area contributed by atoms with Crippen LogP contribution in [0.1, 0.15) is 39.5 Å². The normalized spacial score (nSPS) is 55.0. The van der Waals surface area contributed by atoms with Crippen LogP contribution in [0, 0.1) is 22.7 Å². The van der Waals surface area contributed by atoms with Crippen molar-refractivity contribution in [3.63, 3.8) is 0 Å². The maximum absolute atomic E-state index is 16.5. The lowest BCUT2D eigenvalue weighted by Crippen LogP contribution is -2.68. The second kappa shape index (κ2) is 4.97. The molecule has 0 aromatic rings. The van der Waals surface area contributed by atoms with Crippen molar-refractivity contribution in [2.24, 2.45) is 22.7 Å². The molecule has 0 radical (unpaired) electrons.